The zero-order valence-electron chi connectivity index (χ0n) is 19.7. The first kappa shape index (κ1) is 26.1. The highest BCUT2D eigenvalue weighted by atomic mass is 35.5. The topological polar surface area (TPSA) is 110 Å². The number of aromatic nitrogens is 7. The van der Waals surface area contributed by atoms with Crippen molar-refractivity contribution >= 4 is 17.6 Å². The molecule has 0 aliphatic heterocycles. The smallest absolute Gasteiger partial charge is 0.390 e. The number of benzene rings is 1. The molecule has 194 valence electrons. The lowest BCUT2D eigenvalue weighted by Crippen LogP contribution is -2.27. The van der Waals surface area contributed by atoms with Crippen molar-refractivity contribution < 1.29 is 22.7 Å². The highest BCUT2D eigenvalue weighted by molar-refractivity contribution is 6.30. The summed E-state index contributed by atoms with van der Waals surface area (Å²) in [6.07, 6.45) is -4.94. The van der Waals surface area contributed by atoms with Gasteiger partial charge in [-0.05, 0) is 43.3 Å². The van der Waals surface area contributed by atoms with Crippen molar-refractivity contribution in [2.45, 2.75) is 45.6 Å². The number of ether oxygens (including phenoxy) is 1. The summed E-state index contributed by atoms with van der Waals surface area (Å²) >= 11 is 5.93. The van der Waals surface area contributed by atoms with Gasteiger partial charge in [-0.1, -0.05) is 17.7 Å². The fourth-order valence-corrected chi connectivity index (χ4v) is 3.70. The fraction of sp³-hybridized carbons (Fsp3) is 0.304. The van der Waals surface area contributed by atoms with Gasteiger partial charge in [0.1, 0.15) is 6.54 Å². The first-order chi connectivity index (χ1) is 17.5. The van der Waals surface area contributed by atoms with Crippen molar-refractivity contribution in [1.29, 1.82) is 0 Å². The molecule has 10 nitrogen and oxygen atoms in total. The van der Waals surface area contributed by atoms with Gasteiger partial charge in [-0.2, -0.15) is 17.9 Å². The highest BCUT2D eigenvalue weighted by Crippen LogP contribution is 2.24. The van der Waals surface area contributed by atoms with Gasteiger partial charge in [0.25, 0.3) is 0 Å². The van der Waals surface area contributed by atoms with E-state index in [2.05, 4.69) is 20.2 Å². The van der Waals surface area contributed by atoms with Gasteiger partial charge in [0.2, 0.25) is 0 Å². The molecular formula is C23H21ClF3N7O3. The largest absolute Gasteiger partial charge is 0.455 e. The molecule has 0 N–H and O–H groups in total. The molecule has 4 rings (SSSR count). The number of alkyl halides is 3. The standard InChI is InChI=1S/C23H21ClF3N7O3/c1-14(37-15(2)35)20-29-18(30-34(20)19-5-3-4-11-28-19)13-33-22(36)32(12-10-23(25,26)27)21(31-33)16-6-8-17(24)9-7-16/h3-9,11,14H,10,12-13H2,1-2H3. The number of esters is 1. The van der Waals surface area contributed by atoms with Gasteiger partial charge >= 0.3 is 17.8 Å². The fourth-order valence-electron chi connectivity index (χ4n) is 3.58. The summed E-state index contributed by atoms with van der Waals surface area (Å²) in [6, 6.07) is 11.3. The monoisotopic (exact) mass is 535 g/mol. The molecule has 0 bridgehead atoms. The third kappa shape index (κ3) is 6.23. The lowest BCUT2D eigenvalue weighted by Gasteiger charge is -2.11. The van der Waals surface area contributed by atoms with E-state index < -0.39 is 36.9 Å². The number of halogens is 4. The average Bonchev–Trinajstić information content (AvgIpc) is 3.39. The third-order valence-corrected chi connectivity index (χ3v) is 5.44. The van der Waals surface area contributed by atoms with Gasteiger partial charge in [0.05, 0.1) is 6.42 Å². The lowest BCUT2D eigenvalue weighted by atomic mass is 10.2. The molecule has 0 spiro atoms. The maximum Gasteiger partial charge on any atom is 0.390 e. The minimum Gasteiger partial charge on any atom is -0.455 e. The molecule has 1 atom stereocenters. The molecule has 0 aliphatic rings. The molecule has 14 heteroatoms. The Kier molecular flexibility index (Phi) is 7.43. The summed E-state index contributed by atoms with van der Waals surface area (Å²) < 4.78 is 47.4. The van der Waals surface area contributed by atoms with E-state index >= 15 is 0 Å². The Labute approximate surface area is 213 Å². The van der Waals surface area contributed by atoms with Gasteiger partial charge in [-0.15, -0.1) is 10.2 Å². The van der Waals surface area contributed by atoms with E-state index in [1.165, 1.54) is 11.6 Å². The first-order valence-electron chi connectivity index (χ1n) is 11.1. The van der Waals surface area contributed by atoms with Crippen molar-refractivity contribution in [3.63, 3.8) is 0 Å². The minimum atomic E-state index is -4.47. The molecule has 0 fully saturated rings. The van der Waals surface area contributed by atoms with Crippen LogP contribution in [-0.4, -0.2) is 46.2 Å². The molecule has 1 unspecified atom stereocenters. The van der Waals surface area contributed by atoms with Crippen LogP contribution in [0.1, 0.15) is 38.0 Å². The van der Waals surface area contributed by atoms with Gasteiger partial charge in [-0.3, -0.25) is 9.36 Å². The van der Waals surface area contributed by atoms with E-state index in [4.69, 9.17) is 16.3 Å². The van der Waals surface area contributed by atoms with Crippen LogP contribution in [0.5, 0.6) is 0 Å². The van der Waals surface area contributed by atoms with E-state index in [1.54, 1.807) is 55.6 Å². The normalized spacial score (nSPS) is 12.5. The maximum atomic E-state index is 13.1. The summed E-state index contributed by atoms with van der Waals surface area (Å²) in [4.78, 5) is 33.3. The molecule has 0 amide bonds. The minimum absolute atomic E-state index is 0.0450. The van der Waals surface area contributed by atoms with Crippen LogP contribution in [-0.2, 0) is 22.6 Å². The van der Waals surface area contributed by atoms with Gasteiger partial charge in [0, 0.05) is 30.3 Å². The van der Waals surface area contributed by atoms with E-state index in [0.717, 1.165) is 9.25 Å². The van der Waals surface area contributed by atoms with Crippen molar-refractivity contribution in [2.24, 2.45) is 0 Å². The SMILES string of the molecule is CC(=O)OC(C)c1nc(Cn2nc(-c3ccc(Cl)cc3)n(CCC(F)(F)F)c2=O)nn1-c1ccccn1. The number of hydrogen-bond acceptors (Lipinski definition) is 7. The molecule has 0 saturated carbocycles. The van der Waals surface area contributed by atoms with Crippen LogP contribution < -0.4 is 5.69 Å². The molecule has 4 aromatic rings. The Hall–Kier alpha value is -4.00. The number of rotatable bonds is 8. The zero-order valence-corrected chi connectivity index (χ0v) is 20.4. The Bertz CT molecular complexity index is 1450. The third-order valence-electron chi connectivity index (χ3n) is 5.18. The molecule has 3 aromatic heterocycles. The predicted octanol–water partition coefficient (Wildman–Crippen LogP) is 3.97. The van der Waals surface area contributed by atoms with Crippen molar-refractivity contribution in [1.82, 2.24) is 34.1 Å². The maximum absolute atomic E-state index is 13.1. The van der Waals surface area contributed by atoms with Gasteiger partial charge in [-0.25, -0.2) is 19.4 Å². The molecule has 1 aromatic carbocycles. The molecular weight excluding hydrogens is 515 g/mol. The van der Waals surface area contributed by atoms with E-state index in [1.807, 2.05) is 0 Å². The highest BCUT2D eigenvalue weighted by Gasteiger charge is 2.29. The Morgan fingerprint density at radius 1 is 1.14 bits per heavy atom. The summed E-state index contributed by atoms with van der Waals surface area (Å²) in [5.74, 6) is 0.261. The second-order valence-electron chi connectivity index (χ2n) is 8.03. The van der Waals surface area contributed by atoms with E-state index in [0.29, 0.717) is 16.4 Å². The molecule has 0 saturated heterocycles. The summed E-state index contributed by atoms with van der Waals surface area (Å²) in [7, 11) is 0. The van der Waals surface area contributed by atoms with Crippen LogP contribution in [0, 0.1) is 0 Å². The van der Waals surface area contributed by atoms with Crippen molar-refractivity contribution in [2.75, 3.05) is 0 Å². The molecule has 37 heavy (non-hydrogen) atoms. The number of nitrogens with zero attached hydrogens (tertiary/aromatic N) is 7. The number of hydrogen-bond donors (Lipinski definition) is 0. The van der Waals surface area contributed by atoms with Gasteiger partial charge in [0.15, 0.2) is 29.4 Å². The quantitative estimate of drug-likeness (QED) is 0.314. The average molecular weight is 536 g/mol. The first-order valence-corrected chi connectivity index (χ1v) is 11.4. The van der Waals surface area contributed by atoms with E-state index in [-0.39, 0.29) is 24.0 Å². The molecule has 3 heterocycles. The van der Waals surface area contributed by atoms with Crippen LogP contribution >= 0.6 is 11.6 Å². The lowest BCUT2D eigenvalue weighted by molar-refractivity contribution is -0.146. The molecule has 0 aliphatic carbocycles. The summed E-state index contributed by atoms with van der Waals surface area (Å²) in [6.45, 7) is 1.98. The van der Waals surface area contributed by atoms with Crippen molar-refractivity contribution in [3.05, 3.63) is 75.8 Å². The predicted molar refractivity (Wildman–Crippen MR) is 126 cm³/mol. The second kappa shape index (κ2) is 10.5. The van der Waals surface area contributed by atoms with Crippen LogP contribution in [0.25, 0.3) is 17.2 Å². The second-order valence-corrected chi connectivity index (χ2v) is 8.46. The van der Waals surface area contributed by atoms with Crippen LogP contribution in [0.2, 0.25) is 5.02 Å². The van der Waals surface area contributed by atoms with Crippen LogP contribution in [0.4, 0.5) is 13.2 Å². The molecule has 0 radical (unpaired) electrons. The number of pyridine rings is 1. The number of carbonyl (C=O) groups excluding carboxylic acids is 1. The van der Waals surface area contributed by atoms with Gasteiger partial charge < -0.3 is 4.74 Å². The Morgan fingerprint density at radius 2 is 1.86 bits per heavy atom. The zero-order chi connectivity index (χ0) is 26.7. The summed E-state index contributed by atoms with van der Waals surface area (Å²) in [5.41, 5.74) is -0.350. The van der Waals surface area contributed by atoms with Crippen LogP contribution in [0.15, 0.2) is 53.5 Å². The summed E-state index contributed by atoms with van der Waals surface area (Å²) in [5, 5.41) is 9.10. The van der Waals surface area contributed by atoms with Crippen LogP contribution in [0.3, 0.4) is 0 Å². The van der Waals surface area contributed by atoms with Crippen molar-refractivity contribution in [3.8, 4) is 17.2 Å². The van der Waals surface area contributed by atoms with E-state index in [9.17, 15) is 22.8 Å². The Morgan fingerprint density at radius 3 is 2.49 bits per heavy atom. The Balaban J connectivity index is 1.75. The number of carbonyl (C=O) groups is 1.